The van der Waals surface area contributed by atoms with Gasteiger partial charge in [0.15, 0.2) is 0 Å². The maximum atomic E-state index is 10.4. The van der Waals surface area contributed by atoms with Gasteiger partial charge in [0.1, 0.15) is 5.54 Å². The summed E-state index contributed by atoms with van der Waals surface area (Å²) in [5.41, 5.74) is -0.615. The van der Waals surface area contributed by atoms with Crippen LogP contribution in [0.5, 0.6) is 0 Å². The average Bonchev–Trinajstić information content (AvgIpc) is 2.92. The zero-order valence-corrected chi connectivity index (χ0v) is 19.4. The van der Waals surface area contributed by atoms with E-state index >= 15 is 0 Å². The molecule has 1 aliphatic rings. The topological polar surface area (TPSA) is 107 Å². The summed E-state index contributed by atoms with van der Waals surface area (Å²) >= 11 is 0. The second-order valence-electron chi connectivity index (χ2n) is 4.99. The monoisotopic (exact) mass is 403 g/mol. The van der Waals surface area contributed by atoms with E-state index < -0.39 is 11.5 Å². The predicted molar refractivity (Wildman–Crippen MR) is 105 cm³/mol. The number of azo groups is 1. The molecule has 0 fully saturated rings. The van der Waals surface area contributed by atoms with E-state index in [4.69, 9.17) is 0 Å². The molecular formula is C18H37N5O2Ti. The zero-order chi connectivity index (χ0) is 20.1. The van der Waals surface area contributed by atoms with Gasteiger partial charge in [-0.15, -0.1) is 0 Å². The molecule has 150 valence electrons. The molecule has 1 heterocycles. The molecule has 0 aromatic heterocycles. The van der Waals surface area contributed by atoms with Crippen LogP contribution in [-0.2, 0) is 26.5 Å². The van der Waals surface area contributed by atoms with Crippen molar-refractivity contribution >= 4 is 5.97 Å². The van der Waals surface area contributed by atoms with Crippen LogP contribution in [0.1, 0.15) is 55.4 Å². The summed E-state index contributed by atoms with van der Waals surface area (Å²) in [5.74, 6) is -1.21. The van der Waals surface area contributed by atoms with Crippen LogP contribution in [-0.4, -0.2) is 50.8 Å². The molecule has 0 N–H and O–H groups in total. The van der Waals surface area contributed by atoms with E-state index in [1.54, 1.807) is 6.92 Å². The third-order valence-electron chi connectivity index (χ3n) is 2.66. The van der Waals surface area contributed by atoms with Crippen molar-refractivity contribution in [2.24, 2.45) is 10.2 Å². The van der Waals surface area contributed by atoms with Crippen molar-refractivity contribution in [3.05, 3.63) is 27.7 Å². The van der Waals surface area contributed by atoms with Gasteiger partial charge in [-0.05, 0) is 19.9 Å². The molecule has 1 rings (SSSR count). The van der Waals surface area contributed by atoms with Gasteiger partial charge in [-0.25, -0.2) is 0 Å². The van der Waals surface area contributed by atoms with Crippen molar-refractivity contribution in [1.82, 2.24) is 0 Å². The fourth-order valence-electron chi connectivity index (χ4n) is 1.42. The Balaban J connectivity index is -0.000000132. The Labute approximate surface area is 175 Å². The summed E-state index contributed by atoms with van der Waals surface area (Å²) in [6.45, 7) is 21.2. The number of carbonyl (C=O) groups is 1. The number of rotatable bonds is 7. The number of carboxylic acid groups (broad SMARTS) is 1. The average molecular weight is 403 g/mol. The molecule has 0 saturated carbocycles. The van der Waals surface area contributed by atoms with Gasteiger partial charge >= 0.3 is 21.7 Å². The van der Waals surface area contributed by atoms with Crippen LogP contribution in [0, 0.1) is 0 Å². The Morgan fingerprint density at radius 1 is 0.923 bits per heavy atom. The van der Waals surface area contributed by atoms with Crippen LogP contribution >= 0.6 is 0 Å². The smallest absolute Gasteiger partial charge is 0.663 e. The number of aliphatic carboxylic acids is 1. The van der Waals surface area contributed by atoms with E-state index in [0.29, 0.717) is 5.70 Å². The van der Waals surface area contributed by atoms with Crippen LogP contribution in [0.2, 0.25) is 0 Å². The molecule has 0 spiro atoms. The first-order valence-electron chi connectivity index (χ1n) is 9.02. The van der Waals surface area contributed by atoms with Gasteiger partial charge in [0.25, 0.3) is 0 Å². The Morgan fingerprint density at radius 3 is 1.31 bits per heavy atom. The number of carboxylic acids is 1. The third kappa shape index (κ3) is 23.4. The molecular weight excluding hydrogens is 366 g/mol. The first-order chi connectivity index (χ1) is 11.8. The van der Waals surface area contributed by atoms with E-state index in [1.165, 1.54) is 13.0 Å². The molecule has 0 bridgehead atoms. The van der Waals surface area contributed by atoms with Gasteiger partial charge in [0.05, 0.1) is 11.7 Å². The minimum absolute atomic E-state index is 0. The van der Waals surface area contributed by atoms with Crippen LogP contribution in [0.4, 0.5) is 0 Å². The van der Waals surface area contributed by atoms with E-state index in [0.717, 1.165) is 39.3 Å². The van der Waals surface area contributed by atoms with Gasteiger partial charge in [-0.2, -0.15) is 49.5 Å². The molecule has 0 saturated heterocycles. The summed E-state index contributed by atoms with van der Waals surface area (Å²) in [7, 11) is 0. The maximum absolute atomic E-state index is 10.4. The minimum Gasteiger partial charge on any atom is -0.663 e. The summed E-state index contributed by atoms with van der Waals surface area (Å²) in [6.07, 6.45) is 1.46. The molecule has 26 heavy (non-hydrogen) atoms. The van der Waals surface area contributed by atoms with Crippen molar-refractivity contribution in [2.75, 3.05) is 39.3 Å². The predicted octanol–water partition coefficient (Wildman–Crippen LogP) is 4.06. The zero-order valence-electron chi connectivity index (χ0n) is 17.9. The molecule has 1 unspecified atom stereocenters. The Bertz CT molecular complexity index is 345. The van der Waals surface area contributed by atoms with Gasteiger partial charge in [0, 0.05) is 0 Å². The fraction of sp³-hybridized carbons (Fsp3) is 0.833. The van der Waals surface area contributed by atoms with Crippen LogP contribution in [0.3, 0.4) is 0 Å². The van der Waals surface area contributed by atoms with E-state index in [2.05, 4.69) is 26.2 Å². The van der Waals surface area contributed by atoms with Gasteiger partial charge in [-0.3, -0.25) is 0 Å². The normalized spacial score (nSPS) is 16.5. The summed E-state index contributed by atoms with van der Waals surface area (Å²) in [6, 6.07) is 0. The van der Waals surface area contributed by atoms with E-state index in [9.17, 15) is 9.90 Å². The molecule has 0 aliphatic carbocycles. The number of nitrogens with zero attached hydrogens (tertiary/aromatic N) is 5. The SMILES string of the molecule is CC1=CC(C)(C(=O)[O-])N=N1.CC[N-]CC.CC[N-]CC.CC[N-]CC.[Ti+4]. The van der Waals surface area contributed by atoms with Crippen LogP contribution in [0.25, 0.3) is 16.0 Å². The number of hydrogen-bond donors (Lipinski definition) is 0. The van der Waals surface area contributed by atoms with Gasteiger partial charge < -0.3 is 25.9 Å². The molecule has 0 aromatic carbocycles. The Hall–Kier alpha value is -0.596. The van der Waals surface area contributed by atoms with Crippen molar-refractivity contribution in [3.8, 4) is 0 Å². The maximum Gasteiger partial charge on any atom is 4.00 e. The number of carbonyl (C=O) groups excluding carboxylic acids is 1. The van der Waals surface area contributed by atoms with Crippen molar-refractivity contribution < 1.29 is 31.6 Å². The fourth-order valence-corrected chi connectivity index (χ4v) is 1.42. The Kier molecular flexibility index (Phi) is 31.0. The molecule has 7 nitrogen and oxygen atoms in total. The molecule has 1 atom stereocenters. The Morgan fingerprint density at radius 2 is 1.23 bits per heavy atom. The summed E-state index contributed by atoms with van der Waals surface area (Å²) < 4.78 is 0. The molecule has 0 radical (unpaired) electrons. The van der Waals surface area contributed by atoms with E-state index in [-0.39, 0.29) is 21.7 Å². The van der Waals surface area contributed by atoms with E-state index in [1.807, 2.05) is 41.5 Å². The van der Waals surface area contributed by atoms with Gasteiger partial charge in [0.2, 0.25) is 0 Å². The molecule has 0 aromatic rings. The minimum atomic E-state index is -1.23. The van der Waals surface area contributed by atoms with Crippen molar-refractivity contribution in [1.29, 1.82) is 0 Å². The van der Waals surface area contributed by atoms with Crippen molar-refractivity contribution in [2.45, 2.75) is 60.9 Å². The molecule has 1 aliphatic heterocycles. The quantitative estimate of drug-likeness (QED) is 0.598. The molecule has 8 heteroatoms. The second kappa shape index (κ2) is 24.4. The van der Waals surface area contributed by atoms with Crippen LogP contribution < -0.4 is 5.11 Å². The summed E-state index contributed by atoms with van der Waals surface area (Å²) in [5, 5.41) is 29.4. The first-order valence-corrected chi connectivity index (χ1v) is 9.02. The standard InChI is InChI=1S/C6H8N2O2.3C4H10N.Ti/c1-4-3-6(2,5(9)10)8-7-4;3*1-3-5-4-2;/h3H,1-2H3,(H,9,10);3*3-4H2,1-2H3;/q;3*-1;+4/p-1. The molecule has 0 amide bonds. The first kappa shape index (κ1) is 33.0. The third-order valence-corrected chi connectivity index (χ3v) is 2.66. The second-order valence-corrected chi connectivity index (χ2v) is 4.99. The largest absolute Gasteiger partial charge is 4.00 e. The van der Waals surface area contributed by atoms with Crippen LogP contribution in [0.15, 0.2) is 22.0 Å². The number of allylic oxidation sites excluding steroid dienone is 1. The van der Waals surface area contributed by atoms with Gasteiger partial charge in [-0.1, -0.05) is 41.5 Å². The number of hydrogen-bond acceptors (Lipinski definition) is 4. The van der Waals surface area contributed by atoms with Crippen molar-refractivity contribution in [3.63, 3.8) is 0 Å². The summed E-state index contributed by atoms with van der Waals surface area (Å²) in [4.78, 5) is 10.4.